The van der Waals surface area contributed by atoms with Crippen LogP contribution in [0.4, 0.5) is 9.18 Å². The van der Waals surface area contributed by atoms with Crippen molar-refractivity contribution < 1.29 is 13.9 Å². The molecule has 0 N–H and O–H groups in total. The van der Waals surface area contributed by atoms with Crippen LogP contribution in [0.15, 0.2) is 66.7 Å². The fourth-order valence-corrected chi connectivity index (χ4v) is 6.39. The number of carbonyl (C=O) groups is 1. The molecule has 2 unspecified atom stereocenters. The van der Waals surface area contributed by atoms with Crippen LogP contribution in [-0.2, 0) is 4.74 Å². The third-order valence-electron chi connectivity index (χ3n) is 7.76. The van der Waals surface area contributed by atoms with Gasteiger partial charge in [0.25, 0.3) is 0 Å². The summed E-state index contributed by atoms with van der Waals surface area (Å²) in [6.45, 7) is 4.27. The van der Waals surface area contributed by atoms with Crippen molar-refractivity contribution in [1.82, 2.24) is 4.90 Å². The number of hydrogen-bond donors (Lipinski definition) is 0. The van der Waals surface area contributed by atoms with E-state index >= 15 is 0 Å². The Hall–Kier alpha value is -3.40. The first-order valence-electron chi connectivity index (χ1n) is 12.1. The average Bonchev–Trinajstić information content (AvgIpc) is 3.28. The summed E-state index contributed by atoms with van der Waals surface area (Å²) in [5.74, 6) is -0.132. The van der Waals surface area contributed by atoms with E-state index in [1.165, 1.54) is 27.8 Å². The van der Waals surface area contributed by atoms with Crippen LogP contribution in [0.1, 0.15) is 53.0 Å². The fraction of sp³-hybridized carbons (Fsp3) is 0.300. The lowest BCUT2D eigenvalue weighted by Gasteiger charge is -2.34. The van der Waals surface area contributed by atoms with Gasteiger partial charge in [0.2, 0.25) is 0 Å². The minimum Gasteiger partial charge on any atom is -0.448 e. The van der Waals surface area contributed by atoms with Crippen molar-refractivity contribution in [2.45, 2.75) is 51.1 Å². The number of amides is 1. The zero-order chi connectivity index (χ0) is 23.4. The van der Waals surface area contributed by atoms with Gasteiger partial charge in [-0.1, -0.05) is 54.6 Å². The summed E-state index contributed by atoms with van der Waals surface area (Å²) in [6.07, 6.45) is 4.68. The van der Waals surface area contributed by atoms with E-state index in [-0.39, 0.29) is 29.9 Å². The van der Waals surface area contributed by atoms with Crippen LogP contribution in [0, 0.1) is 19.7 Å². The maximum Gasteiger partial charge on any atom is 0.410 e. The first kappa shape index (κ1) is 21.2. The maximum absolute atomic E-state index is 13.8. The summed E-state index contributed by atoms with van der Waals surface area (Å²) in [5, 5.41) is 0. The van der Waals surface area contributed by atoms with Crippen LogP contribution >= 0.6 is 0 Å². The molecule has 3 aromatic carbocycles. The Bertz CT molecular complexity index is 1260. The molecule has 3 aliphatic rings. The number of carbonyl (C=O) groups excluding carboxylic acids is 1. The summed E-state index contributed by atoms with van der Waals surface area (Å²) in [4.78, 5) is 15.2. The van der Waals surface area contributed by atoms with E-state index in [1.54, 1.807) is 12.1 Å². The minimum absolute atomic E-state index is 0.0354. The molecular formula is C30H28FNO2. The lowest BCUT2D eigenvalue weighted by molar-refractivity contribution is 0.0866. The standard InChI is InChI=1S/C30H28FNO2/c1-18-13-21(31)14-19(2)29(18)20-15-22-11-12-23(16-20)32(22)30(33)34-17-28-26-9-5-3-7-24(26)25-8-4-6-10-27(25)28/h3-10,13-15,22-23,28H,11-12,16-17H2,1-2H3. The molecule has 1 fully saturated rings. The van der Waals surface area contributed by atoms with Gasteiger partial charge in [0.15, 0.2) is 0 Å². The molecule has 2 aliphatic heterocycles. The van der Waals surface area contributed by atoms with Crippen molar-refractivity contribution in [3.05, 3.63) is 100 Å². The number of aryl methyl sites for hydroxylation is 2. The van der Waals surface area contributed by atoms with E-state index in [0.29, 0.717) is 6.61 Å². The van der Waals surface area contributed by atoms with Gasteiger partial charge in [-0.05, 0) is 89.8 Å². The molecule has 2 bridgehead atoms. The Morgan fingerprint density at radius 3 is 2.21 bits per heavy atom. The number of halogens is 1. The SMILES string of the molecule is Cc1cc(F)cc(C)c1C1=CC2CCC(C1)N2C(=O)OCC1c2ccccc2-c2ccccc21. The number of benzene rings is 3. The second kappa shape index (κ2) is 8.12. The third-order valence-corrected chi connectivity index (χ3v) is 7.76. The second-order valence-corrected chi connectivity index (χ2v) is 9.82. The molecule has 2 heterocycles. The van der Waals surface area contributed by atoms with Crippen molar-refractivity contribution in [3.8, 4) is 11.1 Å². The van der Waals surface area contributed by atoms with E-state index in [0.717, 1.165) is 36.0 Å². The van der Waals surface area contributed by atoms with Gasteiger partial charge in [-0.3, -0.25) is 4.90 Å². The molecule has 2 atom stereocenters. The molecule has 0 saturated carbocycles. The first-order valence-corrected chi connectivity index (χ1v) is 12.1. The summed E-state index contributed by atoms with van der Waals surface area (Å²) < 4.78 is 19.8. The Morgan fingerprint density at radius 2 is 1.59 bits per heavy atom. The number of nitrogens with zero attached hydrogens (tertiary/aromatic N) is 1. The molecular weight excluding hydrogens is 425 g/mol. The highest BCUT2D eigenvalue weighted by Crippen LogP contribution is 2.45. The van der Waals surface area contributed by atoms with Crippen molar-refractivity contribution in [2.24, 2.45) is 0 Å². The number of fused-ring (bicyclic) bond motifs is 5. The predicted octanol–water partition coefficient (Wildman–Crippen LogP) is 7.01. The largest absolute Gasteiger partial charge is 0.448 e. The normalized spacial score (nSPS) is 20.7. The smallest absolute Gasteiger partial charge is 0.410 e. The predicted molar refractivity (Wildman–Crippen MR) is 132 cm³/mol. The molecule has 34 heavy (non-hydrogen) atoms. The van der Waals surface area contributed by atoms with Crippen molar-refractivity contribution in [3.63, 3.8) is 0 Å². The highest BCUT2D eigenvalue weighted by Gasteiger charge is 2.41. The van der Waals surface area contributed by atoms with Crippen LogP contribution in [0.5, 0.6) is 0 Å². The minimum atomic E-state index is -0.225. The molecule has 0 radical (unpaired) electrons. The third kappa shape index (κ3) is 3.35. The van der Waals surface area contributed by atoms with Gasteiger partial charge in [-0.15, -0.1) is 0 Å². The van der Waals surface area contributed by atoms with Crippen LogP contribution in [0.25, 0.3) is 16.7 Å². The first-order chi connectivity index (χ1) is 16.5. The van der Waals surface area contributed by atoms with Gasteiger partial charge in [0, 0.05) is 12.0 Å². The van der Waals surface area contributed by atoms with E-state index in [9.17, 15) is 9.18 Å². The van der Waals surface area contributed by atoms with Gasteiger partial charge in [-0.25, -0.2) is 9.18 Å². The van der Waals surface area contributed by atoms with E-state index in [1.807, 2.05) is 18.7 Å². The summed E-state index contributed by atoms with van der Waals surface area (Å²) in [6, 6.07) is 20.2. The van der Waals surface area contributed by atoms with Gasteiger partial charge >= 0.3 is 6.09 Å². The molecule has 1 saturated heterocycles. The van der Waals surface area contributed by atoms with Gasteiger partial charge < -0.3 is 4.74 Å². The monoisotopic (exact) mass is 453 g/mol. The zero-order valence-corrected chi connectivity index (χ0v) is 19.6. The molecule has 1 amide bonds. The lowest BCUT2D eigenvalue weighted by Crippen LogP contribution is -2.43. The van der Waals surface area contributed by atoms with Crippen LogP contribution in [-0.4, -0.2) is 29.7 Å². The topological polar surface area (TPSA) is 29.5 Å². The Kier molecular flexibility index (Phi) is 5.05. The molecule has 6 rings (SSSR count). The molecule has 3 aromatic rings. The molecule has 1 aliphatic carbocycles. The maximum atomic E-state index is 13.8. The summed E-state index contributed by atoms with van der Waals surface area (Å²) in [7, 11) is 0. The molecule has 0 aromatic heterocycles. The van der Waals surface area contributed by atoms with Crippen LogP contribution < -0.4 is 0 Å². The number of ether oxygens (including phenoxy) is 1. The molecule has 0 spiro atoms. The zero-order valence-electron chi connectivity index (χ0n) is 19.6. The molecule has 3 nitrogen and oxygen atoms in total. The Balaban J connectivity index is 1.22. The highest BCUT2D eigenvalue weighted by molar-refractivity contribution is 5.80. The summed E-state index contributed by atoms with van der Waals surface area (Å²) >= 11 is 0. The quantitative estimate of drug-likeness (QED) is 0.427. The van der Waals surface area contributed by atoms with Gasteiger partial charge in [0.05, 0.1) is 6.04 Å². The van der Waals surface area contributed by atoms with E-state index in [2.05, 4.69) is 54.6 Å². The molecule has 172 valence electrons. The van der Waals surface area contributed by atoms with E-state index < -0.39 is 0 Å². The van der Waals surface area contributed by atoms with Crippen LogP contribution in [0.3, 0.4) is 0 Å². The fourth-order valence-electron chi connectivity index (χ4n) is 6.39. The summed E-state index contributed by atoms with van der Waals surface area (Å²) in [5.41, 5.74) is 9.18. The Morgan fingerprint density at radius 1 is 0.971 bits per heavy atom. The number of hydrogen-bond acceptors (Lipinski definition) is 2. The van der Waals surface area contributed by atoms with Crippen molar-refractivity contribution >= 4 is 11.7 Å². The van der Waals surface area contributed by atoms with Crippen LogP contribution in [0.2, 0.25) is 0 Å². The number of rotatable bonds is 3. The molecule has 4 heteroatoms. The Labute approximate surface area is 199 Å². The van der Waals surface area contributed by atoms with Gasteiger partial charge in [-0.2, -0.15) is 0 Å². The van der Waals surface area contributed by atoms with E-state index in [4.69, 9.17) is 4.74 Å². The highest BCUT2D eigenvalue weighted by atomic mass is 19.1. The van der Waals surface area contributed by atoms with Gasteiger partial charge in [0.1, 0.15) is 12.4 Å². The average molecular weight is 454 g/mol. The second-order valence-electron chi connectivity index (χ2n) is 9.82. The van der Waals surface area contributed by atoms with Crippen molar-refractivity contribution in [1.29, 1.82) is 0 Å². The van der Waals surface area contributed by atoms with Crippen molar-refractivity contribution in [2.75, 3.05) is 6.61 Å². The lowest BCUT2D eigenvalue weighted by atomic mass is 9.89.